The average Bonchev–Trinajstić information content (AvgIpc) is 3.23. The summed E-state index contributed by atoms with van der Waals surface area (Å²) in [6, 6.07) is 16.1. The molecule has 0 spiro atoms. The molecule has 28 heavy (non-hydrogen) atoms. The molecule has 2 aromatic carbocycles. The Kier molecular flexibility index (Phi) is 6.31. The second kappa shape index (κ2) is 8.89. The summed E-state index contributed by atoms with van der Waals surface area (Å²) in [5.41, 5.74) is 0.177. The quantitative estimate of drug-likeness (QED) is 0.510. The number of esters is 1. The van der Waals surface area contributed by atoms with Crippen molar-refractivity contribution in [2.45, 2.75) is 26.5 Å². The van der Waals surface area contributed by atoms with Gasteiger partial charge in [0.25, 0.3) is 0 Å². The molecular weight excluding hydrogens is 378 g/mol. The van der Waals surface area contributed by atoms with Crippen LogP contribution in [0.2, 0.25) is 5.02 Å². The van der Waals surface area contributed by atoms with Crippen LogP contribution >= 0.6 is 11.6 Å². The molecule has 0 aliphatic carbocycles. The number of hydrogen-bond donors (Lipinski definition) is 0. The first-order valence-corrected chi connectivity index (χ1v) is 9.29. The number of halogens is 1. The third-order valence-electron chi connectivity index (χ3n) is 4.15. The van der Waals surface area contributed by atoms with Gasteiger partial charge < -0.3 is 9.47 Å². The number of carbonyl (C=O) groups excluding carboxylic acids is 1. The maximum atomic E-state index is 12.2. The van der Waals surface area contributed by atoms with E-state index in [4.69, 9.17) is 21.1 Å². The van der Waals surface area contributed by atoms with Crippen LogP contribution in [0, 0.1) is 5.41 Å². The molecule has 0 saturated heterocycles. The van der Waals surface area contributed by atoms with Crippen molar-refractivity contribution >= 4 is 17.6 Å². The number of rotatable bonds is 8. The van der Waals surface area contributed by atoms with E-state index in [-0.39, 0.29) is 18.0 Å². The zero-order valence-corrected chi connectivity index (χ0v) is 16.5. The Morgan fingerprint density at radius 1 is 1.14 bits per heavy atom. The molecule has 3 aromatic rings. The Morgan fingerprint density at radius 2 is 1.86 bits per heavy atom. The third-order valence-corrected chi connectivity index (χ3v) is 4.40. The minimum Gasteiger partial charge on any atom is -0.469 e. The highest BCUT2D eigenvalue weighted by Gasteiger charge is 2.28. The fraction of sp³-hybridized carbons (Fsp3) is 0.286. The lowest BCUT2D eigenvalue weighted by Crippen LogP contribution is -2.29. The van der Waals surface area contributed by atoms with E-state index in [9.17, 15) is 4.79 Å². The summed E-state index contributed by atoms with van der Waals surface area (Å²) in [6.07, 6.45) is 3.21. The number of aromatic nitrogens is 3. The SMILES string of the molecule is CC(C)(COC(=O)c1ccccc1)CC(Oc1ccc(Cl)cc1)n1cncn1. The smallest absolute Gasteiger partial charge is 0.338 e. The molecule has 0 saturated carbocycles. The molecule has 1 aromatic heterocycles. The molecule has 0 aliphatic rings. The largest absolute Gasteiger partial charge is 0.469 e. The molecule has 0 aliphatic heterocycles. The minimum atomic E-state index is -0.408. The Labute approximate surface area is 169 Å². The van der Waals surface area contributed by atoms with Crippen LogP contribution in [0.1, 0.15) is 36.9 Å². The highest BCUT2D eigenvalue weighted by molar-refractivity contribution is 6.30. The highest BCUT2D eigenvalue weighted by atomic mass is 35.5. The summed E-state index contributed by atoms with van der Waals surface area (Å²) in [7, 11) is 0. The van der Waals surface area contributed by atoms with Crippen molar-refractivity contribution in [1.29, 1.82) is 0 Å². The van der Waals surface area contributed by atoms with Gasteiger partial charge >= 0.3 is 5.97 Å². The average molecular weight is 400 g/mol. The minimum absolute atomic E-state index is 0.246. The van der Waals surface area contributed by atoms with Crippen LogP contribution in [0.4, 0.5) is 0 Å². The van der Waals surface area contributed by atoms with E-state index in [2.05, 4.69) is 10.1 Å². The van der Waals surface area contributed by atoms with E-state index in [0.29, 0.717) is 22.8 Å². The Bertz CT molecular complexity index is 881. The summed E-state index contributed by atoms with van der Waals surface area (Å²) in [4.78, 5) is 16.2. The van der Waals surface area contributed by atoms with Crippen molar-refractivity contribution < 1.29 is 14.3 Å². The lowest BCUT2D eigenvalue weighted by molar-refractivity contribution is 0.0105. The lowest BCUT2D eigenvalue weighted by Gasteiger charge is -2.29. The van der Waals surface area contributed by atoms with Crippen LogP contribution in [0.3, 0.4) is 0 Å². The Morgan fingerprint density at radius 3 is 2.50 bits per heavy atom. The number of carbonyl (C=O) groups is 1. The summed E-state index contributed by atoms with van der Waals surface area (Å²) >= 11 is 5.94. The van der Waals surface area contributed by atoms with Gasteiger partial charge in [0.05, 0.1) is 12.2 Å². The maximum absolute atomic E-state index is 12.2. The van der Waals surface area contributed by atoms with E-state index in [1.54, 1.807) is 47.4 Å². The molecule has 1 unspecified atom stereocenters. The van der Waals surface area contributed by atoms with Gasteiger partial charge in [-0.1, -0.05) is 43.6 Å². The van der Waals surface area contributed by atoms with Gasteiger partial charge in [0, 0.05) is 16.9 Å². The molecule has 0 bridgehead atoms. The molecule has 3 rings (SSSR count). The summed E-state index contributed by atoms with van der Waals surface area (Å²) in [5.74, 6) is 0.326. The molecule has 1 atom stereocenters. The van der Waals surface area contributed by atoms with Crippen LogP contribution < -0.4 is 4.74 Å². The van der Waals surface area contributed by atoms with Crippen LogP contribution in [0.25, 0.3) is 0 Å². The summed E-state index contributed by atoms with van der Waals surface area (Å²) in [5, 5.41) is 4.84. The monoisotopic (exact) mass is 399 g/mol. The van der Waals surface area contributed by atoms with Crippen molar-refractivity contribution in [3.63, 3.8) is 0 Å². The van der Waals surface area contributed by atoms with E-state index in [0.717, 1.165) is 0 Å². The van der Waals surface area contributed by atoms with Gasteiger partial charge in [-0.3, -0.25) is 0 Å². The third kappa shape index (κ3) is 5.57. The highest BCUT2D eigenvalue weighted by Crippen LogP contribution is 2.31. The van der Waals surface area contributed by atoms with E-state index in [1.807, 2.05) is 32.0 Å². The van der Waals surface area contributed by atoms with Gasteiger partial charge in [0.1, 0.15) is 18.4 Å². The number of nitrogens with zero attached hydrogens (tertiary/aromatic N) is 3. The Balaban J connectivity index is 1.66. The van der Waals surface area contributed by atoms with Crippen molar-refractivity contribution in [3.8, 4) is 5.75 Å². The predicted octanol–water partition coefficient (Wildman–Crippen LogP) is 4.78. The van der Waals surface area contributed by atoms with Gasteiger partial charge in [0.2, 0.25) is 0 Å². The van der Waals surface area contributed by atoms with E-state index in [1.165, 1.54) is 6.33 Å². The molecule has 1 heterocycles. The van der Waals surface area contributed by atoms with Crippen molar-refractivity contribution in [3.05, 3.63) is 77.8 Å². The van der Waals surface area contributed by atoms with Gasteiger partial charge in [-0.25, -0.2) is 14.5 Å². The molecule has 6 nitrogen and oxygen atoms in total. The van der Waals surface area contributed by atoms with Crippen LogP contribution in [-0.4, -0.2) is 27.3 Å². The fourth-order valence-electron chi connectivity index (χ4n) is 2.68. The van der Waals surface area contributed by atoms with Crippen LogP contribution in [0.5, 0.6) is 5.75 Å². The second-order valence-corrected chi connectivity index (χ2v) is 7.65. The van der Waals surface area contributed by atoms with Gasteiger partial charge in [-0.2, -0.15) is 5.10 Å². The first-order chi connectivity index (χ1) is 13.4. The topological polar surface area (TPSA) is 66.2 Å². The number of benzene rings is 2. The lowest BCUT2D eigenvalue weighted by atomic mass is 9.89. The molecule has 0 fully saturated rings. The molecule has 0 N–H and O–H groups in total. The summed E-state index contributed by atoms with van der Waals surface area (Å²) < 4.78 is 13.3. The molecule has 0 radical (unpaired) electrons. The normalized spacial score (nSPS) is 12.4. The van der Waals surface area contributed by atoms with E-state index >= 15 is 0 Å². The first kappa shape index (κ1) is 19.9. The van der Waals surface area contributed by atoms with Crippen LogP contribution in [-0.2, 0) is 4.74 Å². The van der Waals surface area contributed by atoms with Gasteiger partial charge in [0.15, 0.2) is 6.23 Å². The number of hydrogen-bond acceptors (Lipinski definition) is 5. The Hall–Kier alpha value is -2.86. The van der Waals surface area contributed by atoms with Gasteiger partial charge in [-0.15, -0.1) is 0 Å². The summed E-state index contributed by atoms with van der Waals surface area (Å²) in [6.45, 7) is 4.27. The zero-order chi connectivity index (χ0) is 20.0. The van der Waals surface area contributed by atoms with E-state index < -0.39 is 6.23 Å². The van der Waals surface area contributed by atoms with Crippen molar-refractivity contribution in [2.24, 2.45) is 5.41 Å². The zero-order valence-electron chi connectivity index (χ0n) is 15.8. The van der Waals surface area contributed by atoms with Gasteiger partial charge in [-0.05, 0) is 36.4 Å². The van der Waals surface area contributed by atoms with Crippen LogP contribution in [0.15, 0.2) is 67.3 Å². The molecule has 7 heteroatoms. The molecule has 0 amide bonds. The van der Waals surface area contributed by atoms with Crippen molar-refractivity contribution in [1.82, 2.24) is 14.8 Å². The molecule has 146 valence electrons. The fourth-order valence-corrected chi connectivity index (χ4v) is 2.80. The predicted molar refractivity (Wildman–Crippen MR) is 106 cm³/mol. The maximum Gasteiger partial charge on any atom is 0.338 e. The first-order valence-electron chi connectivity index (χ1n) is 8.91. The molecular formula is C21H22ClN3O3. The second-order valence-electron chi connectivity index (χ2n) is 7.21. The number of ether oxygens (including phenoxy) is 2. The van der Waals surface area contributed by atoms with Crippen molar-refractivity contribution in [2.75, 3.05) is 6.61 Å². The standard InChI is InChI=1S/C21H22ClN3O3/c1-21(2,13-27-20(26)16-6-4-3-5-7-16)12-19(25-15-23-14-24-25)28-18-10-8-17(22)9-11-18/h3-11,14-15,19H,12-13H2,1-2H3.